The first-order valence-electron chi connectivity index (χ1n) is 9.27. The molecule has 0 unspecified atom stereocenters. The Kier molecular flexibility index (Phi) is 6.20. The summed E-state index contributed by atoms with van der Waals surface area (Å²) in [5.41, 5.74) is 3.49. The second-order valence-corrected chi connectivity index (χ2v) is 6.69. The van der Waals surface area contributed by atoms with E-state index < -0.39 is 12.6 Å². The average molecular weight is 387 g/mol. The predicted octanol–water partition coefficient (Wildman–Crippen LogP) is 3.96. The van der Waals surface area contributed by atoms with E-state index in [1.807, 2.05) is 55.5 Å². The summed E-state index contributed by atoms with van der Waals surface area (Å²) in [6, 6.07) is 18.4. The van der Waals surface area contributed by atoms with Gasteiger partial charge in [-0.3, -0.25) is 9.78 Å². The molecule has 146 valence electrons. The fourth-order valence-electron chi connectivity index (χ4n) is 3.04. The molecule has 1 aromatic heterocycles. The lowest BCUT2D eigenvalue weighted by Gasteiger charge is -2.22. The number of amides is 1. The summed E-state index contributed by atoms with van der Waals surface area (Å²) in [5, 5.41) is 9.58. The van der Waals surface area contributed by atoms with Crippen LogP contribution in [0.25, 0.3) is 10.9 Å². The summed E-state index contributed by atoms with van der Waals surface area (Å²) in [6.45, 7) is 3.57. The third-order valence-electron chi connectivity index (χ3n) is 4.48. The monoisotopic (exact) mass is 387 g/mol. The second kappa shape index (κ2) is 8.98. The Morgan fingerprint density at radius 3 is 2.55 bits per heavy atom. The van der Waals surface area contributed by atoms with Crippen molar-refractivity contribution in [1.29, 1.82) is 5.26 Å². The van der Waals surface area contributed by atoms with Crippen LogP contribution in [0.1, 0.15) is 28.0 Å². The molecule has 6 heteroatoms. The minimum absolute atomic E-state index is 0.182. The van der Waals surface area contributed by atoms with Crippen LogP contribution in [-0.2, 0) is 9.53 Å². The van der Waals surface area contributed by atoms with Crippen molar-refractivity contribution in [3.05, 3.63) is 71.4 Å². The number of aromatic nitrogens is 1. The van der Waals surface area contributed by atoms with Crippen LogP contribution in [0.5, 0.6) is 0 Å². The molecule has 0 N–H and O–H groups in total. The number of aryl methyl sites for hydroxylation is 2. The van der Waals surface area contributed by atoms with Gasteiger partial charge in [0.15, 0.2) is 6.61 Å². The van der Waals surface area contributed by atoms with Gasteiger partial charge in [0.2, 0.25) is 0 Å². The summed E-state index contributed by atoms with van der Waals surface area (Å²) < 4.78 is 5.32. The smallest absolute Gasteiger partial charge is 0.339 e. The Bertz CT molecular complexity index is 1080. The zero-order chi connectivity index (χ0) is 20.8. The van der Waals surface area contributed by atoms with E-state index in [9.17, 15) is 9.59 Å². The first-order chi connectivity index (χ1) is 14.0. The van der Waals surface area contributed by atoms with Crippen molar-refractivity contribution >= 4 is 28.5 Å². The lowest BCUT2D eigenvalue weighted by atomic mass is 10.1. The van der Waals surface area contributed by atoms with Gasteiger partial charge in [0.05, 0.1) is 23.6 Å². The van der Waals surface area contributed by atoms with E-state index in [-0.39, 0.29) is 18.9 Å². The molecule has 0 aliphatic heterocycles. The number of rotatable bonds is 6. The SMILES string of the molecule is Cc1ccc(N(CCC#N)C(=O)COC(=O)c2cc(C)nc3ccccc23)cc1. The van der Waals surface area contributed by atoms with E-state index in [1.54, 1.807) is 19.1 Å². The number of fused-ring (bicyclic) bond motifs is 1. The van der Waals surface area contributed by atoms with Crippen LogP contribution in [0.2, 0.25) is 0 Å². The van der Waals surface area contributed by atoms with Crippen molar-refractivity contribution in [3.63, 3.8) is 0 Å². The summed E-state index contributed by atoms with van der Waals surface area (Å²) in [7, 11) is 0. The lowest BCUT2D eigenvalue weighted by Crippen LogP contribution is -2.35. The van der Waals surface area contributed by atoms with Gasteiger partial charge in [-0.15, -0.1) is 0 Å². The number of benzene rings is 2. The van der Waals surface area contributed by atoms with Gasteiger partial charge in [-0.25, -0.2) is 4.79 Å². The highest BCUT2D eigenvalue weighted by atomic mass is 16.5. The number of nitrogens with zero attached hydrogens (tertiary/aromatic N) is 3. The molecule has 0 aliphatic rings. The largest absolute Gasteiger partial charge is 0.452 e. The summed E-state index contributed by atoms with van der Waals surface area (Å²) in [4.78, 5) is 31.3. The maximum Gasteiger partial charge on any atom is 0.339 e. The number of nitriles is 1. The van der Waals surface area contributed by atoms with Crippen LogP contribution < -0.4 is 4.90 Å². The highest BCUT2D eigenvalue weighted by Gasteiger charge is 2.19. The van der Waals surface area contributed by atoms with Crippen molar-refractivity contribution < 1.29 is 14.3 Å². The van der Waals surface area contributed by atoms with Crippen LogP contribution in [0.15, 0.2) is 54.6 Å². The van der Waals surface area contributed by atoms with Gasteiger partial charge in [0.1, 0.15) is 0 Å². The zero-order valence-corrected chi connectivity index (χ0v) is 16.4. The summed E-state index contributed by atoms with van der Waals surface area (Å²) in [6.07, 6.45) is 0.182. The van der Waals surface area contributed by atoms with Crippen LogP contribution >= 0.6 is 0 Å². The van der Waals surface area contributed by atoms with Crippen molar-refractivity contribution in [1.82, 2.24) is 4.98 Å². The van der Waals surface area contributed by atoms with Crippen LogP contribution in [0, 0.1) is 25.2 Å². The molecule has 0 atom stereocenters. The number of carbonyl (C=O) groups excluding carboxylic acids is 2. The Labute approximate surface area is 169 Å². The van der Waals surface area contributed by atoms with E-state index in [1.165, 1.54) is 4.90 Å². The van der Waals surface area contributed by atoms with Gasteiger partial charge in [0, 0.05) is 23.3 Å². The van der Waals surface area contributed by atoms with Crippen LogP contribution in [-0.4, -0.2) is 30.0 Å². The van der Waals surface area contributed by atoms with Gasteiger partial charge >= 0.3 is 5.97 Å². The summed E-state index contributed by atoms with van der Waals surface area (Å²) in [5.74, 6) is -0.961. The van der Waals surface area contributed by atoms with Crippen LogP contribution in [0.3, 0.4) is 0 Å². The fourth-order valence-corrected chi connectivity index (χ4v) is 3.04. The highest BCUT2D eigenvalue weighted by Crippen LogP contribution is 2.20. The maximum atomic E-state index is 12.7. The van der Waals surface area contributed by atoms with Gasteiger partial charge in [0.25, 0.3) is 5.91 Å². The molecule has 0 saturated carbocycles. The number of carbonyl (C=O) groups is 2. The van der Waals surface area contributed by atoms with Gasteiger partial charge < -0.3 is 9.64 Å². The second-order valence-electron chi connectivity index (χ2n) is 6.69. The number of esters is 1. The first-order valence-corrected chi connectivity index (χ1v) is 9.27. The first kappa shape index (κ1) is 20.0. The third-order valence-corrected chi connectivity index (χ3v) is 4.48. The van der Waals surface area contributed by atoms with E-state index in [2.05, 4.69) is 4.98 Å². The molecule has 0 bridgehead atoms. The fraction of sp³-hybridized carbons (Fsp3) is 0.217. The third kappa shape index (κ3) is 4.77. The standard InChI is InChI=1S/C23H21N3O3/c1-16-8-10-18(11-9-16)26(13-5-12-24)22(27)15-29-23(28)20-14-17(2)25-21-7-4-3-6-19(20)21/h3-4,6-11,14H,5,13,15H2,1-2H3. The van der Waals surface area contributed by atoms with E-state index in [0.29, 0.717) is 27.8 Å². The Morgan fingerprint density at radius 2 is 1.83 bits per heavy atom. The van der Waals surface area contributed by atoms with Gasteiger partial charge in [-0.2, -0.15) is 5.26 Å². The molecule has 1 heterocycles. The molecule has 0 spiro atoms. The van der Waals surface area contributed by atoms with Gasteiger partial charge in [-0.05, 0) is 38.1 Å². The lowest BCUT2D eigenvalue weighted by molar-refractivity contribution is -0.121. The van der Waals surface area contributed by atoms with Crippen molar-refractivity contribution in [2.75, 3.05) is 18.1 Å². The highest BCUT2D eigenvalue weighted by molar-refractivity contribution is 6.04. The Hall–Kier alpha value is -3.72. The number of hydrogen-bond acceptors (Lipinski definition) is 5. The minimum atomic E-state index is -0.579. The minimum Gasteiger partial charge on any atom is -0.452 e. The molecule has 0 fully saturated rings. The average Bonchev–Trinajstić information content (AvgIpc) is 2.72. The topological polar surface area (TPSA) is 83.3 Å². The van der Waals surface area contributed by atoms with Crippen molar-refractivity contribution in [3.8, 4) is 6.07 Å². The van der Waals surface area contributed by atoms with Crippen molar-refractivity contribution in [2.45, 2.75) is 20.3 Å². The molecule has 3 rings (SSSR count). The van der Waals surface area contributed by atoms with Crippen LogP contribution in [0.4, 0.5) is 5.69 Å². The molecule has 0 aliphatic carbocycles. The molecular formula is C23H21N3O3. The molecule has 1 amide bonds. The quantitative estimate of drug-likeness (QED) is 0.598. The molecule has 3 aromatic rings. The number of hydrogen-bond donors (Lipinski definition) is 0. The van der Waals surface area contributed by atoms with E-state index >= 15 is 0 Å². The normalized spacial score (nSPS) is 10.4. The molecule has 0 saturated heterocycles. The predicted molar refractivity (Wildman–Crippen MR) is 111 cm³/mol. The van der Waals surface area contributed by atoms with E-state index in [0.717, 1.165) is 5.56 Å². The number of ether oxygens (including phenoxy) is 1. The van der Waals surface area contributed by atoms with E-state index in [4.69, 9.17) is 10.00 Å². The van der Waals surface area contributed by atoms with Crippen molar-refractivity contribution in [2.24, 2.45) is 0 Å². The number of para-hydroxylation sites is 1. The Balaban J connectivity index is 1.77. The number of pyridine rings is 1. The Morgan fingerprint density at radius 1 is 1.10 bits per heavy atom. The van der Waals surface area contributed by atoms with Gasteiger partial charge in [-0.1, -0.05) is 35.9 Å². The molecule has 29 heavy (non-hydrogen) atoms. The number of anilines is 1. The molecule has 2 aromatic carbocycles. The molecule has 6 nitrogen and oxygen atoms in total. The summed E-state index contributed by atoms with van der Waals surface area (Å²) >= 11 is 0. The zero-order valence-electron chi connectivity index (χ0n) is 16.4. The maximum absolute atomic E-state index is 12.7. The molecule has 0 radical (unpaired) electrons. The molecular weight excluding hydrogens is 366 g/mol.